The van der Waals surface area contributed by atoms with Crippen molar-refractivity contribution in [1.29, 1.82) is 10.5 Å². The molecule has 0 saturated heterocycles. The molecule has 8 aliphatic rings. The second-order valence-corrected chi connectivity index (χ2v) is 13.7. The molecule has 4 nitrogen and oxygen atoms in total. The molecular weight excluding hydrogens is 560 g/mol. The first-order chi connectivity index (χ1) is 22.7. The highest BCUT2D eigenvalue weighted by molar-refractivity contribution is 5.60. The quantitative estimate of drug-likeness (QED) is 0.304. The first kappa shape index (κ1) is 28.9. The van der Waals surface area contributed by atoms with Gasteiger partial charge in [0.25, 0.3) is 0 Å². The van der Waals surface area contributed by atoms with Gasteiger partial charge < -0.3 is 9.80 Å². The standard InChI is InChI=1S/C42H42N4/c43-27-29-11-19-35(20-12-29)45(33-7-3-1-4-8-33)39-25-17-31-16-24-38-40(26-18-32-15-23-37(39)41(31)42(32)38)46(34-9-5-2-6-10-34)36-21-13-30(28-44)14-22-36/h3,5,7-11,13,17,19,21,25-26,32,37,39H,1-2,4,6,12,14-16,18,20,22-24H2. The van der Waals surface area contributed by atoms with Gasteiger partial charge in [-0.1, -0.05) is 42.5 Å². The molecule has 0 aromatic heterocycles. The second kappa shape index (κ2) is 12.3. The fraction of sp³-hybridized carbons (Fsp3) is 0.381. The molecule has 3 unspecified atom stereocenters. The van der Waals surface area contributed by atoms with Crippen LogP contribution in [-0.4, -0.2) is 15.8 Å². The van der Waals surface area contributed by atoms with Gasteiger partial charge in [0.15, 0.2) is 0 Å². The summed E-state index contributed by atoms with van der Waals surface area (Å²) in [4.78, 5) is 5.19. The van der Waals surface area contributed by atoms with Gasteiger partial charge in [0.05, 0.1) is 18.2 Å². The fourth-order valence-corrected chi connectivity index (χ4v) is 9.03. The molecule has 46 heavy (non-hydrogen) atoms. The molecule has 8 rings (SSSR count). The van der Waals surface area contributed by atoms with Crippen LogP contribution >= 0.6 is 0 Å². The molecule has 0 aliphatic heterocycles. The monoisotopic (exact) mass is 602 g/mol. The molecule has 0 amide bonds. The van der Waals surface area contributed by atoms with E-state index in [0.717, 1.165) is 81.8 Å². The van der Waals surface area contributed by atoms with Crippen molar-refractivity contribution in [2.75, 3.05) is 0 Å². The molecule has 3 atom stereocenters. The minimum Gasteiger partial charge on any atom is -0.338 e. The predicted molar refractivity (Wildman–Crippen MR) is 184 cm³/mol. The van der Waals surface area contributed by atoms with Crippen LogP contribution in [0.15, 0.2) is 141 Å². The Balaban J connectivity index is 1.20. The summed E-state index contributed by atoms with van der Waals surface area (Å²) in [5, 5.41) is 19.1. The third-order valence-corrected chi connectivity index (χ3v) is 11.2. The molecule has 8 aliphatic carbocycles. The zero-order chi connectivity index (χ0) is 31.0. The van der Waals surface area contributed by atoms with Crippen molar-refractivity contribution in [3.63, 3.8) is 0 Å². The number of nitrogens with zero attached hydrogens (tertiary/aromatic N) is 4. The lowest BCUT2D eigenvalue weighted by Gasteiger charge is -2.50. The minimum absolute atomic E-state index is 0.272. The average molecular weight is 603 g/mol. The van der Waals surface area contributed by atoms with Gasteiger partial charge in [0.1, 0.15) is 0 Å². The van der Waals surface area contributed by atoms with Crippen LogP contribution < -0.4 is 0 Å². The first-order valence-electron chi connectivity index (χ1n) is 17.5. The lowest BCUT2D eigenvalue weighted by Crippen LogP contribution is -2.44. The number of hydrogen-bond acceptors (Lipinski definition) is 4. The van der Waals surface area contributed by atoms with E-state index in [0.29, 0.717) is 11.8 Å². The maximum atomic E-state index is 9.55. The van der Waals surface area contributed by atoms with E-state index >= 15 is 0 Å². The first-order valence-corrected chi connectivity index (χ1v) is 17.5. The van der Waals surface area contributed by atoms with Crippen molar-refractivity contribution in [2.45, 2.75) is 89.5 Å². The second-order valence-electron chi connectivity index (χ2n) is 13.7. The van der Waals surface area contributed by atoms with E-state index in [-0.39, 0.29) is 6.04 Å². The maximum Gasteiger partial charge on any atom is 0.0947 e. The summed E-state index contributed by atoms with van der Waals surface area (Å²) in [6.07, 6.45) is 43.7. The average Bonchev–Trinajstić information content (AvgIpc) is 3.13. The molecular formula is C42H42N4. The molecule has 0 spiro atoms. The molecule has 0 aromatic rings. The van der Waals surface area contributed by atoms with Crippen molar-refractivity contribution in [2.24, 2.45) is 11.8 Å². The Bertz CT molecular complexity index is 1810. The van der Waals surface area contributed by atoms with E-state index in [9.17, 15) is 10.5 Å². The molecule has 0 radical (unpaired) electrons. The number of allylic oxidation sites excluding steroid dienone is 19. The van der Waals surface area contributed by atoms with E-state index in [2.05, 4.69) is 88.8 Å². The Morgan fingerprint density at radius 1 is 0.652 bits per heavy atom. The maximum absolute atomic E-state index is 9.55. The van der Waals surface area contributed by atoms with Gasteiger partial charge in [0.2, 0.25) is 0 Å². The molecule has 1 saturated carbocycles. The summed E-state index contributed by atoms with van der Waals surface area (Å²) in [5.74, 6) is 1.05. The van der Waals surface area contributed by atoms with Gasteiger partial charge in [-0.25, -0.2) is 0 Å². The third kappa shape index (κ3) is 5.05. The van der Waals surface area contributed by atoms with Crippen molar-refractivity contribution in [3.05, 3.63) is 141 Å². The van der Waals surface area contributed by atoms with E-state index in [4.69, 9.17) is 0 Å². The van der Waals surface area contributed by atoms with Crippen LogP contribution in [0.1, 0.15) is 83.5 Å². The smallest absolute Gasteiger partial charge is 0.0947 e. The molecule has 0 aromatic carbocycles. The lowest BCUT2D eigenvalue weighted by molar-refractivity contribution is 0.249. The normalized spacial score (nSPS) is 28.0. The Labute approximate surface area is 274 Å². The van der Waals surface area contributed by atoms with Gasteiger partial charge in [-0.3, -0.25) is 0 Å². The molecule has 1 fully saturated rings. The Hall–Kier alpha value is -4.54. The van der Waals surface area contributed by atoms with Gasteiger partial charge in [0, 0.05) is 45.5 Å². The van der Waals surface area contributed by atoms with Gasteiger partial charge in [-0.2, -0.15) is 10.5 Å². The molecule has 0 bridgehead atoms. The molecule has 230 valence electrons. The number of hydrogen-bond donors (Lipinski definition) is 0. The summed E-state index contributed by atoms with van der Waals surface area (Å²) in [6, 6.07) is 5.04. The fourth-order valence-electron chi connectivity index (χ4n) is 9.03. The summed E-state index contributed by atoms with van der Waals surface area (Å²) in [7, 11) is 0. The number of rotatable bonds is 6. The highest BCUT2D eigenvalue weighted by Gasteiger charge is 2.45. The zero-order valence-corrected chi connectivity index (χ0v) is 26.7. The SMILES string of the molecule is N#CC1=CC=C(N(C2=CCCC=C2)C2=CCC3CCC4C5=C(C=CC4N(C4=CCCC=C4)C4=CC=C(C#N)CC4)CCC2=C53)CC1. The minimum atomic E-state index is 0.272. The Morgan fingerprint density at radius 3 is 2.02 bits per heavy atom. The molecule has 0 N–H and O–H groups in total. The highest BCUT2D eigenvalue weighted by Crippen LogP contribution is 2.55. The summed E-state index contributed by atoms with van der Waals surface area (Å²) < 4.78 is 0. The molecule has 4 heteroatoms. The highest BCUT2D eigenvalue weighted by atomic mass is 15.2. The number of nitriles is 2. The van der Waals surface area contributed by atoms with E-state index in [1.807, 2.05) is 12.2 Å². The topological polar surface area (TPSA) is 54.1 Å². The Kier molecular flexibility index (Phi) is 7.75. The summed E-state index contributed by atoms with van der Waals surface area (Å²) >= 11 is 0. The van der Waals surface area contributed by atoms with Crippen LogP contribution in [0.2, 0.25) is 0 Å². The van der Waals surface area contributed by atoms with E-state index in [1.54, 1.807) is 22.3 Å². The van der Waals surface area contributed by atoms with Crippen molar-refractivity contribution >= 4 is 0 Å². The van der Waals surface area contributed by atoms with Crippen LogP contribution in [0.3, 0.4) is 0 Å². The zero-order valence-electron chi connectivity index (χ0n) is 26.7. The third-order valence-electron chi connectivity index (χ3n) is 11.2. The van der Waals surface area contributed by atoms with Crippen LogP contribution in [0, 0.1) is 34.5 Å². The van der Waals surface area contributed by atoms with E-state index < -0.39 is 0 Å². The lowest BCUT2D eigenvalue weighted by atomic mass is 9.61. The summed E-state index contributed by atoms with van der Waals surface area (Å²) in [5.41, 5.74) is 14.8. The largest absolute Gasteiger partial charge is 0.338 e. The predicted octanol–water partition coefficient (Wildman–Crippen LogP) is 9.95. The van der Waals surface area contributed by atoms with Gasteiger partial charge >= 0.3 is 0 Å². The van der Waals surface area contributed by atoms with Crippen LogP contribution in [0.25, 0.3) is 0 Å². The summed E-state index contributed by atoms with van der Waals surface area (Å²) in [6.45, 7) is 0. The van der Waals surface area contributed by atoms with Crippen molar-refractivity contribution in [3.8, 4) is 12.1 Å². The van der Waals surface area contributed by atoms with Gasteiger partial charge in [-0.05, 0) is 148 Å². The van der Waals surface area contributed by atoms with Gasteiger partial charge in [-0.15, -0.1) is 0 Å². The van der Waals surface area contributed by atoms with Crippen LogP contribution in [-0.2, 0) is 0 Å². The van der Waals surface area contributed by atoms with Crippen molar-refractivity contribution in [1.82, 2.24) is 9.80 Å². The van der Waals surface area contributed by atoms with Crippen LogP contribution in [0.5, 0.6) is 0 Å². The Morgan fingerprint density at radius 2 is 1.37 bits per heavy atom. The van der Waals surface area contributed by atoms with E-state index in [1.165, 1.54) is 41.3 Å². The van der Waals surface area contributed by atoms with Crippen molar-refractivity contribution < 1.29 is 0 Å². The molecule has 0 heterocycles. The van der Waals surface area contributed by atoms with Crippen LogP contribution in [0.4, 0.5) is 0 Å².